The van der Waals surface area contributed by atoms with Crippen LogP contribution in [0.3, 0.4) is 0 Å². The molecule has 0 saturated carbocycles. The molecule has 96 valence electrons. The summed E-state index contributed by atoms with van der Waals surface area (Å²) < 4.78 is 0. The van der Waals surface area contributed by atoms with Crippen LogP contribution in [-0.2, 0) is 0 Å². The number of carbonyl (C=O) groups is 2. The van der Waals surface area contributed by atoms with Crippen LogP contribution in [0.1, 0.15) is 21.0 Å². The zero-order valence-electron chi connectivity index (χ0n) is 9.22. The molecule has 0 radical (unpaired) electrons. The Morgan fingerprint density at radius 1 is 0.789 bits per heavy atom. The first-order valence-electron chi connectivity index (χ1n) is 4.90. The van der Waals surface area contributed by atoms with Crippen molar-refractivity contribution in [2.75, 3.05) is 0 Å². The average molecular weight is 288 g/mol. The van der Waals surface area contributed by atoms with E-state index in [-0.39, 0.29) is 49.1 Å². The van der Waals surface area contributed by atoms with Gasteiger partial charge in [-0.3, -0.25) is 0 Å². The Balaban J connectivity index is 0.000000324. The van der Waals surface area contributed by atoms with Crippen molar-refractivity contribution in [1.82, 2.24) is 9.97 Å². The summed E-state index contributed by atoms with van der Waals surface area (Å²) in [5.41, 5.74) is 0.162. The van der Waals surface area contributed by atoms with Crippen molar-refractivity contribution < 1.29 is 19.8 Å². The molecular formula is C12H12CaN2O4. The van der Waals surface area contributed by atoms with Gasteiger partial charge in [-0.25, -0.2) is 19.6 Å². The normalized spacial score (nSPS) is 8.42. The van der Waals surface area contributed by atoms with Crippen molar-refractivity contribution in [3.05, 3.63) is 60.2 Å². The van der Waals surface area contributed by atoms with Crippen molar-refractivity contribution in [1.29, 1.82) is 0 Å². The van der Waals surface area contributed by atoms with E-state index in [0.29, 0.717) is 0 Å². The third-order valence-electron chi connectivity index (χ3n) is 1.77. The summed E-state index contributed by atoms with van der Waals surface area (Å²) in [6.07, 6.45) is 2.90. The van der Waals surface area contributed by atoms with Crippen LogP contribution >= 0.6 is 0 Å². The van der Waals surface area contributed by atoms with Gasteiger partial charge in [-0.05, 0) is 24.3 Å². The SMILES string of the molecule is O=C(O)c1ccccn1.O=C(O)c1ccccn1.[CaH2]. The van der Waals surface area contributed by atoms with Crippen LogP contribution in [0.4, 0.5) is 0 Å². The second kappa shape index (κ2) is 9.43. The molecule has 0 aliphatic rings. The van der Waals surface area contributed by atoms with Crippen molar-refractivity contribution >= 4 is 49.7 Å². The number of carboxylic acid groups (broad SMARTS) is 2. The maximum absolute atomic E-state index is 10.1. The van der Waals surface area contributed by atoms with Crippen molar-refractivity contribution in [3.63, 3.8) is 0 Å². The fourth-order valence-electron chi connectivity index (χ4n) is 0.979. The van der Waals surface area contributed by atoms with Crippen LogP contribution in [0.5, 0.6) is 0 Å². The van der Waals surface area contributed by atoms with Gasteiger partial charge in [0.25, 0.3) is 0 Å². The van der Waals surface area contributed by atoms with Crippen LogP contribution in [0.15, 0.2) is 48.8 Å². The minimum absolute atomic E-state index is 0. The second-order valence-corrected chi connectivity index (χ2v) is 3.04. The molecule has 0 saturated heterocycles. The van der Waals surface area contributed by atoms with Crippen molar-refractivity contribution in [2.24, 2.45) is 0 Å². The zero-order valence-corrected chi connectivity index (χ0v) is 9.22. The Morgan fingerprint density at radius 2 is 1.16 bits per heavy atom. The molecule has 0 atom stereocenters. The molecule has 2 aromatic rings. The summed E-state index contributed by atoms with van der Waals surface area (Å²) in [6.45, 7) is 0. The van der Waals surface area contributed by atoms with E-state index in [4.69, 9.17) is 10.2 Å². The van der Waals surface area contributed by atoms with E-state index < -0.39 is 11.9 Å². The van der Waals surface area contributed by atoms with Crippen LogP contribution in [0.2, 0.25) is 0 Å². The number of pyridine rings is 2. The van der Waals surface area contributed by atoms with E-state index in [0.717, 1.165) is 0 Å². The molecular weight excluding hydrogens is 276 g/mol. The van der Waals surface area contributed by atoms with Gasteiger partial charge in [-0.2, -0.15) is 0 Å². The summed E-state index contributed by atoms with van der Waals surface area (Å²) in [4.78, 5) is 27.4. The predicted octanol–water partition coefficient (Wildman–Crippen LogP) is 0.643. The number of nitrogens with zero attached hydrogens (tertiary/aromatic N) is 2. The van der Waals surface area contributed by atoms with Gasteiger partial charge in [0, 0.05) is 12.4 Å². The molecule has 7 heteroatoms. The fraction of sp³-hybridized carbons (Fsp3) is 0. The Kier molecular flexibility index (Phi) is 8.69. The molecule has 0 fully saturated rings. The zero-order chi connectivity index (χ0) is 13.4. The second-order valence-electron chi connectivity index (χ2n) is 3.04. The van der Waals surface area contributed by atoms with E-state index >= 15 is 0 Å². The number of aromatic nitrogens is 2. The monoisotopic (exact) mass is 288 g/mol. The van der Waals surface area contributed by atoms with Gasteiger partial charge >= 0.3 is 49.7 Å². The third-order valence-corrected chi connectivity index (χ3v) is 1.77. The Labute approximate surface area is 139 Å². The summed E-state index contributed by atoms with van der Waals surface area (Å²) in [7, 11) is 0. The van der Waals surface area contributed by atoms with Gasteiger partial charge in [0.15, 0.2) is 0 Å². The summed E-state index contributed by atoms with van der Waals surface area (Å²) in [5.74, 6) is -1.98. The minimum atomic E-state index is -0.990. The van der Waals surface area contributed by atoms with E-state index in [9.17, 15) is 9.59 Å². The molecule has 0 aliphatic heterocycles. The van der Waals surface area contributed by atoms with E-state index in [1.54, 1.807) is 24.3 Å². The number of aromatic carboxylic acids is 2. The average Bonchev–Trinajstić information content (AvgIpc) is 2.41. The Bertz CT molecular complexity index is 470. The number of carboxylic acids is 2. The summed E-state index contributed by atoms with van der Waals surface area (Å²) in [5, 5.41) is 16.6. The standard InChI is InChI=1S/2C6H5NO2.Ca.2H/c2*8-6(9)5-3-1-2-4-7-5;;;/h2*1-4H,(H,8,9);;;. The van der Waals surface area contributed by atoms with E-state index in [1.165, 1.54) is 24.5 Å². The van der Waals surface area contributed by atoms with E-state index in [1.807, 2.05) is 0 Å². The molecule has 0 aromatic carbocycles. The van der Waals surface area contributed by atoms with E-state index in [2.05, 4.69) is 9.97 Å². The molecule has 19 heavy (non-hydrogen) atoms. The molecule has 2 rings (SSSR count). The first-order valence-corrected chi connectivity index (χ1v) is 4.90. The van der Waals surface area contributed by atoms with Crippen LogP contribution < -0.4 is 0 Å². The summed E-state index contributed by atoms with van der Waals surface area (Å²) in [6, 6.07) is 9.51. The van der Waals surface area contributed by atoms with Crippen molar-refractivity contribution in [2.45, 2.75) is 0 Å². The molecule has 2 heterocycles. The first kappa shape index (κ1) is 17.5. The molecule has 2 N–H and O–H groups in total. The predicted molar refractivity (Wildman–Crippen MR) is 70.9 cm³/mol. The summed E-state index contributed by atoms with van der Waals surface area (Å²) >= 11 is 0. The fourth-order valence-corrected chi connectivity index (χ4v) is 0.979. The molecule has 0 unspecified atom stereocenters. The van der Waals surface area contributed by atoms with Crippen LogP contribution in [0.25, 0.3) is 0 Å². The van der Waals surface area contributed by atoms with Crippen LogP contribution in [0, 0.1) is 0 Å². The molecule has 0 bridgehead atoms. The van der Waals surface area contributed by atoms with Gasteiger partial charge in [-0.1, -0.05) is 12.1 Å². The number of rotatable bonds is 2. The number of hydrogen-bond acceptors (Lipinski definition) is 4. The van der Waals surface area contributed by atoms with Gasteiger partial charge in [0.05, 0.1) is 0 Å². The molecule has 6 nitrogen and oxygen atoms in total. The van der Waals surface area contributed by atoms with Gasteiger partial charge in [-0.15, -0.1) is 0 Å². The first-order chi connectivity index (χ1) is 8.61. The Hall–Kier alpha value is -1.50. The molecule has 2 aromatic heterocycles. The quantitative estimate of drug-likeness (QED) is 0.787. The molecule has 0 spiro atoms. The topological polar surface area (TPSA) is 100 Å². The maximum atomic E-state index is 10.1. The van der Waals surface area contributed by atoms with Gasteiger partial charge in [0.1, 0.15) is 11.4 Å². The van der Waals surface area contributed by atoms with Gasteiger partial charge < -0.3 is 10.2 Å². The van der Waals surface area contributed by atoms with Crippen molar-refractivity contribution in [3.8, 4) is 0 Å². The van der Waals surface area contributed by atoms with Gasteiger partial charge in [0.2, 0.25) is 0 Å². The molecule has 0 amide bonds. The Morgan fingerprint density at radius 3 is 1.32 bits per heavy atom. The van der Waals surface area contributed by atoms with Crippen LogP contribution in [-0.4, -0.2) is 69.9 Å². The number of hydrogen-bond donors (Lipinski definition) is 2. The third kappa shape index (κ3) is 6.85. The molecule has 0 aliphatic carbocycles.